The van der Waals surface area contributed by atoms with Crippen molar-refractivity contribution in [3.05, 3.63) is 0 Å². The summed E-state index contributed by atoms with van der Waals surface area (Å²) in [6, 6.07) is 0. The number of rotatable bonds is 4. The maximum atomic E-state index is 9.94. The van der Waals surface area contributed by atoms with Gasteiger partial charge in [0, 0.05) is 0 Å². The van der Waals surface area contributed by atoms with Crippen molar-refractivity contribution in [2.75, 3.05) is 26.4 Å². The Labute approximate surface area is 160 Å². The Morgan fingerprint density at radius 3 is 2.00 bits per heavy atom. The van der Waals surface area contributed by atoms with Gasteiger partial charge in [-0.2, -0.15) is 0 Å². The van der Waals surface area contributed by atoms with E-state index in [2.05, 4.69) is 9.73 Å². The maximum absolute atomic E-state index is 9.94. The average molecular weight is 413 g/mol. The number of aliphatic imine (C=N–C) groups is 1. The van der Waals surface area contributed by atoms with Gasteiger partial charge in [-0.1, -0.05) is 0 Å². The first-order chi connectivity index (χ1) is 13.3. The first-order valence-corrected chi connectivity index (χ1v) is 8.68. The van der Waals surface area contributed by atoms with Gasteiger partial charge in [-0.3, -0.25) is 4.99 Å². The Morgan fingerprint density at radius 2 is 1.50 bits per heavy atom. The van der Waals surface area contributed by atoms with E-state index in [0.717, 1.165) is 13.2 Å². The molecule has 0 amide bonds. The van der Waals surface area contributed by atoms with Crippen LogP contribution in [-0.2, 0) is 18.9 Å². The van der Waals surface area contributed by atoms with E-state index in [9.17, 15) is 35.7 Å². The molecule has 0 saturated carbocycles. The molecule has 28 heavy (non-hydrogen) atoms. The molecule has 13 nitrogen and oxygen atoms in total. The summed E-state index contributed by atoms with van der Waals surface area (Å²) in [6.07, 6.45) is -14.1. The van der Waals surface area contributed by atoms with Gasteiger partial charge in [-0.15, -0.1) is 0 Å². The summed E-state index contributed by atoms with van der Waals surface area (Å²) in [4.78, 5) is 3.74. The molecular weight excluding hydrogens is 386 g/mol. The molecule has 8 N–H and O–H groups in total. The van der Waals surface area contributed by atoms with Gasteiger partial charge in [0.2, 0.25) is 0 Å². The van der Waals surface area contributed by atoms with Crippen molar-refractivity contribution in [3.8, 4) is 0 Å². The Bertz CT molecular complexity index is 486. The van der Waals surface area contributed by atoms with Crippen LogP contribution in [0.1, 0.15) is 0 Å². The summed E-state index contributed by atoms with van der Waals surface area (Å²) in [5, 5.41) is 76.5. The molecule has 10 atom stereocenters. The van der Waals surface area contributed by atoms with Gasteiger partial charge in [-0.05, 0) is 0 Å². The second-order valence-electron chi connectivity index (χ2n) is 6.41. The van der Waals surface area contributed by atoms with Gasteiger partial charge < -0.3 is 59.8 Å². The predicted octanol–water partition coefficient (Wildman–Crippen LogP) is -5.35. The summed E-state index contributed by atoms with van der Waals surface area (Å²) in [5.74, 6) is 0. The van der Waals surface area contributed by atoms with Crippen LogP contribution in [0.4, 0.5) is 0 Å². The highest BCUT2D eigenvalue weighted by Gasteiger charge is 2.50. The molecule has 3 aliphatic heterocycles. The first-order valence-electron chi connectivity index (χ1n) is 8.68. The predicted molar refractivity (Wildman–Crippen MR) is 87.9 cm³/mol. The summed E-state index contributed by atoms with van der Waals surface area (Å²) in [6.45, 7) is 0.280. The van der Waals surface area contributed by atoms with E-state index in [0.29, 0.717) is 0 Å². The van der Waals surface area contributed by atoms with Gasteiger partial charge in [0.15, 0.2) is 19.0 Å². The minimum Gasteiger partial charge on any atom is -0.482 e. The quantitative estimate of drug-likeness (QED) is 0.217. The van der Waals surface area contributed by atoms with Gasteiger partial charge in [0.25, 0.3) is 0 Å². The van der Waals surface area contributed by atoms with E-state index in [-0.39, 0.29) is 0 Å². The van der Waals surface area contributed by atoms with Crippen LogP contribution in [0.15, 0.2) is 4.99 Å². The van der Waals surface area contributed by atoms with Crippen LogP contribution in [0, 0.1) is 0 Å². The lowest BCUT2D eigenvalue weighted by Crippen LogP contribution is -2.64. The number of hydrogen-bond acceptors (Lipinski definition) is 13. The minimum absolute atomic E-state index is 0.667. The van der Waals surface area contributed by atoms with E-state index < -0.39 is 74.6 Å². The molecular formula is C15H27NO12. The van der Waals surface area contributed by atoms with E-state index in [1.807, 2.05) is 0 Å². The SMILES string of the molecule is C1=NCCO1.OC[C@H]1O[C@@H](O[C@H]2[C@H](O)[C@@H](O)C(O)O[C@@H]2CO)[C@H](O)[C@@H](O)[C@H]1O. The molecule has 164 valence electrons. The number of aliphatic hydroxyl groups is 8. The van der Waals surface area contributed by atoms with Gasteiger partial charge in [0.05, 0.1) is 19.8 Å². The smallest absolute Gasteiger partial charge is 0.187 e. The molecule has 13 heteroatoms. The standard InChI is InChI=1S/C12H22O11.C3H5NO/c13-1-3-5(15)6(16)9(19)12(22-3)23-10-4(2-14)21-11(20)8(18)7(10)17;1-2-5-3-4-1/h3-20H,1-2H2;3H,1-2H2/t3-,4-,5+,6+,7-,8-,9-,10-,11?,12+;/m1./s1. The summed E-state index contributed by atoms with van der Waals surface area (Å²) < 4.78 is 19.9. The normalized spacial score (nSPS) is 45.9. The molecule has 2 saturated heterocycles. The third kappa shape index (κ3) is 5.34. The number of hydrogen-bond donors (Lipinski definition) is 8. The molecule has 1 unspecified atom stereocenters. The number of nitrogens with zero attached hydrogens (tertiary/aromatic N) is 1. The Balaban J connectivity index is 0.000000485. The zero-order valence-electron chi connectivity index (χ0n) is 14.8. The summed E-state index contributed by atoms with van der Waals surface area (Å²) >= 11 is 0. The Hall–Kier alpha value is -0.970. The van der Waals surface area contributed by atoms with Crippen molar-refractivity contribution in [2.24, 2.45) is 4.99 Å². The maximum Gasteiger partial charge on any atom is 0.187 e. The zero-order valence-corrected chi connectivity index (χ0v) is 14.8. The molecule has 0 aromatic carbocycles. The lowest BCUT2D eigenvalue weighted by atomic mass is 9.97. The van der Waals surface area contributed by atoms with Crippen molar-refractivity contribution in [3.63, 3.8) is 0 Å². The average Bonchev–Trinajstić information content (AvgIpc) is 3.28. The van der Waals surface area contributed by atoms with Crippen molar-refractivity contribution in [2.45, 2.75) is 61.4 Å². The first kappa shape index (κ1) is 23.3. The van der Waals surface area contributed by atoms with Gasteiger partial charge >= 0.3 is 0 Å². The summed E-state index contributed by atoms with van der Waals surface area (Å²) in [5.41, 5.74) is 0. The van der Waals surface area contributed by atoms with E-state index in [1.165, 1.54) is 6.40 Å². The molecule has 3 heterocycles. The molecule has 0 aliphatic carbocycles. The molecule has 0 aromatic rings. The minimum atomic E-state index is -1.74. The van der Waals surface area contributed by atoms with Crippen LogP contribution in [0.5, 0.6) is 0 Å². The molecule has 0 spiro atoms. The Morgan fingerprint density at radius 1 is 0.821 bits per heavy atom. The fraction of sp³-hybridized carbons (Fsp3) is 0.933. The van der Waals surface area contributed by atoms with Crippen LogP contribution in [0.3, 0.4) is 0 Å². The molecule has 0 radical (unpaired) electrons. The lowest BCUT2D eigenvalue weighted by molar-refractivity contribution is -0.355. The van der Waals surface area contributed by atoms with Crippen LogP contribution < -0.4 is 0 Å². The monoisotopic (exact) mass is 413 g/mol. The number of ether oxygens (including phenoxy) is 4. The van der Waals surface area contributed by atoms with Crippen LogP contribution >= 0.6 is 0 Å². The fourth-order valence-corrected chi connectivity index (χ4v) is 2.83. The topological polar surface area (TPSA) is 211 Å². The van der Waals surface area contributed by atoms with E-state index >= 15 is 0 Å². The Kier molecular flexibility index (Phi) is 8.91. The molecule has 3 rings (SSSR count). The highest BCUT2D eigenvalue weighted by atomic mass is 16.7. The van der Waals surface area contributed by atoms with Crippen LogP contribution in [-0.4, -0.2) is 135 Å². The van der Waals surface area contributed by atoms with E-state index in [4.69, 9.17) is 19.3 Å². The third-order valence-electron chi connectivity index (χ3n) is 4.47. The highest BCUT2D eigenvalue weighted by molar-refractivity contribution is 5.47. The number of aliphatic hydroxyl groups excluding tert-OH is 8. The second-order valence-corrected chi connectivity index (χ2v) is 6.41. The molecule has 2 fully saturated rings. The highest BCUT2D eigenvalue weighted by Crippen LogP contribution is 2.28. The van der Waals surface area contributed by atoms with Crippen LogP contribution in [0.2, 0.25) is 0 Å². The fourth-order valence-electron chi connectivity index (χ4n) is 2.83. The van der Waals surface area contributed by atoms with Crippen molar-refractivity contribution < 1.29 is 59.8 Å². The molecule has 0 bridgehead atoms. The van der Waals surface area contributed by atoms with Crippen LogP contribution in [0.25, 0.3) is 0 Å². The van der Waals surface area contributed by atoms with Crippen molar-refractivity contribution >= 4 is 6.40 Å². The van der Waals surface area contributed by atoms with Crippen molar-refractivity contribution in [1.82, 2.24) is 0 Å². The molecule has 0 aromatic heterocycles. The van der Waals surface area contributed by atoms with Crippen molar-refractivity contribution in [1.29, 1.82) is 0 Å². The van der Waals surface area contributed by atoms with Gasteiger partial charge in [-0.25, -0.2) is 0 Å². The van der Waals surface area contributed by atoms with Gasteiger partial charge in [0.1, 0.15) is 55.4 Å². The molecule has 3 aliphatic rings. The largest absolute Gasteiger partial charge is 0.482 e. The zero-order chi connectivity index (χ0) is 20.8. The second kappa shape index (κ2) is 10.7. The third-order valence-corrected chi connectivity index (χ3v) is 4.47. The van der Waals surface area contributed by atoms with E-state index in [1.54, 1.807) is 0 Å². The summed E-state index contributed by atoms with van der Waals surface area (Å²) in [7, 11) is 0. The lowest BCUT2D eigenvalue weighted by Gasteiger charge is -2.45.